The number of aromatic nitrogens is 3. The van der Waals surface area contributed by atoms with Crippen LogP contribution in [0.4, 0.5) is 0 Å². The van der Waals surface area contributed by atoms with E-state index in [4.69, 9.17) is 11.6 Å². The van der Waals surface area contributed by atoms with Gasteiger partial charge in [0.1, 0.15) is 0 Å². The largest absolute Gasteiger partial charge is 0.305 e. The minimum atomic E-state index is 0.0743. The van der Waals surface area contributed by atoms with E-state index in [-0.39, 0.29) is 6.04 Å². The maximum atomic E-state index is 6.19. The summed E-state index contributed by atoms with van der Waals surface area (Å²) in [7, 11) is 0. The van der Waals surface area contributed by atoms with Crippen LogP contribution in [-0.4, -0.2) is 21.5 Å². The summed E-state index contributed by atoms with van der Waals surface area (Å²) in [5, 5.41) is 12.6. The second-order valence-corrected chi connectivity index (χ2v) is 5.71. The lowest BCUT2D eigenvalue weighted by Gasteiger charge is -2.21. The Hall–Kier alpha value is -1.39. The average Bonchev–Trinajstić information content (AvgIpc) is 2.92. The number of aryl methyl sites for hydroxylation is 2. The number of benzene rings is 1. The van der Waals surface area contributed by atoms with Crippen molar-refractivity contribution < 1.29 is 0 Å². The Labute approximate surface area is 131 Å². The van der Waals surface area contributed by atoms with E-state index in [1.54, 1.807) is 0 Å². The van der Waals surface area contributed by atoms with Crippen molar-refractivity contribution in [3.63, 3.8) is 0 Å². The SMILES string of the molecule is CCCNC(c1cc(Cl)ccc1C)c1cnnn1CCC. The van der Waals surface area contributed by atoms with E-state index < -0.39 is 0 Å². The molecule has 0 saturated heterocycles. The molecular formula is C16H23ClN4. The van der Waals surface area contributed by atoms with Crippen LogP contribution < -0.4 is 5.32 Å². The quantitative estimate of drug-likeness (QED) is 0.847. The molecule has 1 heterocycles. The number of hydrogen-bond donors (Lipinski definition) is 1. The van der Waals surface area contributed by atoms with Gasteiger partial charge in [0.05, 0.1) is 17.9 Å². The molecule has 1 aromatic heterocycles. The van der Waals surface area contributed by atoms with Crippen LogP contribution in [-0.2, 0) is 6.54 Å². The van der Waals surface area contributed by atoms with Crippen LogP contribution in [0.1, 0.15) is 49.6 Å². The lowest BCUT2D eigenvalue weighted by atomic mass is 9.98. The summed E-state index contributed by atoms with van der Waals surface area (Å²) in [6, 6.07) is 6.10. The molecule has 0 aliphatic heterocycles. The lowest BCUT2D eigenvalue weighted by molar-refractivity contribution is 0.503. The van der Waals surface area contributed by atoms with E-state index in [1.807, 2.05) is 23.0 Å². The molecule has 0 aliphatic rings. The van der Waals surface area contributed by atoms with Gasteiger partial charge in [0, 0.05) is 11.6 Å². The first-order valence-electron chi connectivity index (χ1n) is 7.55. The van der Waals surface area contributed by atoms with Gasteiger partial charge in [-0.3, -0.25) is 0 Å². The van der Waals surface area contributed by atoms with E-state index in [9.17, 15) is 0 Å². The van der Waals surface area contributed by atoms with Gasteiger partial charge in [-0.15, -0.1) is 5.10 Å². The van der Waals surface area contributed by atoms with Gasteiger partial charge in [-0.1, -0.05) is 36.7 Å². The summed E-state index contributed by atoms with van der Waals surface area (Å²) in [4.78, 5) is 0. The standard InChI is InChI=1S/C16H23ClN4/c1-4-8-18-16(14-10-13(17)7-6-12(14)3)15-11-19-20-21(15)9-5-2/h6-7,10-11,16,18H,4-5,8-9H2,1-3H3. The zero-order valence-corrected chi connectivity index (χ0v) is 13.7. The molecule has 1 atom stereocenters. The molecule has 2 aromatic rings. The molecule has 0 fully saturated rings. The molecule has 4 nitrogen and oxygen atoms in total. The summed E-state index contributed by atoms with van der Waals surface area (Å²) in [6.45, 7) is 8.23. The number of rotatable bonds is 7. The molecule has 1 N–H and O–H groups in total. The predicted octanol–water partition coefficient (Wildman–Crippen LogP) is 3.74. The highest BCUT2D eigenvalue weighted by Gasteiger charge is 2.20. The van der Waals surface area contributed by atoms with E-state index >= 15 is 0 Å². The van der Waals surface area contributed by atoms with Crippen molar-refractivity contribution in [3.8, 4) is 0 Å². The summed E-state index contributed by atoms with van der Waals surface area (Å²) in [5.41, 5.74) is 3.50. The first-order valence-corrected chi connectivity index (χ1v) is 7.93. The number of nitrogens with one attached hydrogen (secondary N) is 1. The van der Waals surface area contributed by atoms with Gasteiger partial charge in [-0.05, 0) is 49.6 Å². The van der Waals surface area contributed by atoms with Gasteiger partial charge >= 0.3 is 0 Å². The highest BCUT2D eigenvalue weighted by Crippen LogP contribution is 2.27. The molecular weight excluding hydrogens is 284 g/mol. The van der Waals surface area contributed by atoms with Gasteiger partial charge in [-0.25, -0.2) is 4.68 Å². The summed E-state index contributed by atoms with van der Waals surface area (Å²) in [5.74, 6) is 0. The fraction of sp³-hybridized carbons (Fsp3) is 0.500. The number of hydrogen-bond acceptors (Lipinski definition) is 3. The summed E-state index contributed by atoms with van der Waals surface area (Å²) >= 11 is 6.19. The van der Waals surface area contributed by atoms with Crippen molar-refractivity contribution in [1.82, 2.24) is 20.3 Å². The highest BCUT2D eigenvalue weighted by atomic mass is 35.5. The summed E-state index contributed by atoms with van der Waals surface area (Å²) in [6.07, 6.45) is 3.96. The topological polar surface area (TPSA) is 42.7 Å². The third kappa shape index (κ3) is 3.83. The Morgan fingerprint density at radius 2 is 2.10 bits per heavy atom. The monoisotopic (exact) mass is 306 g/mol. The molecule has 0 bridgehead atoms. The molecule has 0 radical (unpaired) electrons. The van der Waals surface area contributed by atoms with Crippen molar-refractivity contribution in [2.24, 2.45) is 0 Å². The van der Waals surface area contributed by atoms with Crippen LogP contribution in [0.3, 0.4) is 0 Å². The second-order valence-electron chi connectivity index (χ2n) is 5.27. The first kappa shape index (κ1) is 16.0. The van der Waals surface area contributed by atoms with E-state index in [0.29, 0.717) is 0 Å². The maximum Gasteiger partial charge on any atom is 0.0802 e. The van der Waals surface area contributed by atoms with Crippen LogP contribution in [0.15, 0.2) is 24.4 Å². The molecule has 0 saturated carbocycles. The third-order valence-electron chi connectivity index (χ3n) is 3.53. The molecule has 1 unspecified atom stereocenters. The van der Waals surface area contributed by atoms with E-state index in [2.05, 4.69) is 42.5 Å². The summed E-state index contributed by atoms with van der Waals surface area (Å²) < 4.78 is 1.98. The first-order chi connectivity index (χ1) is 10.2. The van der Waals surface area contributed by atoms with E-state index in [0.717, 1.165) is 36.6 Å². The molecule has 21 heavy (non-hydrogen) atoms. The fourth-order valence-electron chi connectivity index (χ4n) is 2.46. The van der Waals surface area contributed by atoms with Crippen molar-refractivity contribution >= 4 is 11.6 Å². The van der Waals surface area contributed by atoms with Crippen molar-refractivity contribution in [3.05, 3.63) is 46.2 Å². The number of halogens is 1. The lowest BCUT2D eigenvalue weighted by Crippen LogP contribution is -2.26. The molecule has 1 aromatic carbocycles. The van der Waals surface area contributed by atoms with Gasteiger partial charge < -0.3 is 5.32 Å². The van der Waals surface area contributed by atoms with Crippen LogP contribution in [0.2, 0.25) is 5.02 Å². The Morgan fingerprint density at radius 3 is 2.81 bits per heavy atom. The van der Waals surface area contributed by atoms with Gasteiger partial charge in [0.2, 0.25) is 0 Å². The van der Waals surface area contributed by atoms with Gasteiger partial charge in [-0.2, -0.15) is 0 Å². The fourth-order valence-corrected chi connectivity index (χ4v) is 2.64. The average molecular weight is 307 g/mol. The smallest absolute Gasteiger partial charge is 0.0802 e. The van der Waals surface area contributed by atoms with Crippen LogP contribution in [0, 0.1) is 6.92 Å². The minimum Gasteiger partial charge on any atom is -0.305 e. The van der Waals surface area contributed by atoms with Crippen molar-refractivity contribution in [2.75, 3.05) is 6.54 Å². The molecule has 114 valence electrons. The van der Waals surface area contributed by atoms with Gasteiger partial charge in [0.15, 0.2) is 0 Å². The molecule has 0 amide bonds. The van der Waals surface area contributed by atoms with Crippen LogP contribution in [0.25, 0.3) is 0 Å². The number of nitrogens with zero attached hydrogens (tertiary/aromatic N) is 3. The third-order valence-corrected chi connectivity index (χ3v) is 3.76. The predicted molar refractivity (Wildman–Crippen MR) is 86.6 cm³/mol. The Kier molecular flexibility index (Phi) is 5.76. The second kappa shape index (κ2) is 7.57. The van der Waals surface area contributed by atoms with Gasteiger partial charge in [0.25, 0.3) is 0 Å². The Morgan fingerprint density at radius 1 is 1.29 bits per heavy atom. The van der Waals surface area contributed by atoms with E-state index in [1.165, 1.54) is 11.1 Å². The Balaban J connectivity index is 2.42. The molecule has 0 aliphatic carbocycles. The van der Waals surface area contributed by atoms with Crippen LogP contribution >= 0.6 is 11.6 Å². The zero-order chi connectivity index (χ0) is 15.2. The highest BCUT2D eigenvalue weighted by molar-refractivity contribution is 6.30. The molecule has 2 rings (SSSR count). The van der Waals surface area contributed by atoms with Crippen LogP contribution in [0.5, 0.6) is 0 Å². The zero-order valence-electron chi connectivity index (χ0n) is 12.9. The molecule has 0 spiro atoms. The minimum absolute atomic E-state index is 0.0743. The Bertz CT molecular complexity index is 579. The maximum absolute atomic E-state index is 6.19. The van der Waals surface area contributed by atoms with Crippen molar-refractivity contribution in [2.45, 2.75) is 46.2 Å². The van der Waals surface area contributed by atoms with Crippen molar-refractivity contribution in [1.29, 1.82) is 0 Å². The normalized spacial score (nSPS) is 12.6. The molecule has 5 heteroatoms.